The van der Waals surface area contributed by atoms with Crippen molar-refractivity contribution in [3.05, 3.63) is 69.4 Å². The van der Waals surface area contributed by atoms with Crippen LogP contribution in [-0.4, -0.2) is 11.7 Å². The van der Waals surface area contributed by atoms with E-state index in [2.05, 4.69) is 17.5 Å². The molecule has 0 spiro atoms. The Hall–Kier alpha value is -2.33. The van der Waals surface area contributed by atoms with E-state index >= 15 is 0 Å². The van der Waals surface area contributed by atoms with Gasteiger partial charge in [0, 0.05) is 16.3 Å². The molecule has 1 aliphatic rings. The predicted octanol–water partition coefficient (Wildman–Crippen LogP) is 4.54. The summed E-state index contributed by atoms with van der Waals surface area (Å²) in [5.74, 6) is -0.278. The molecule has 4 nitrogen and oxygen atoms in total. The van der Waals surface area contributed by atoms with Crippen molar-refractivity contribution in [3.63, 3.8) is 0 Å². The number of allylic oxidation sites excluding steroid dienone is 5. The number of carbonyl (C=O) groups excluding carboxylic acids is 2. The van der Waals surface area contributed by atoms with Crippen LogP contribution in [0.4, 0.5) is 0 Å². The number of nitrogens with two attached hydrogens (primary N) is 1. The minimum atomic E-state index is -0.652. The van der Waals surface area contributed by atoms with Gasteiger partial charge in [0.05, 0.1) is 0 Å². The first kappa shape index (κ1) is 21.7. The van der Waals surface area contributed by atoms with E-state index in [1.165, 1.54) is 13.8 Å². The molecule has 5 heteroatoms. The Balaban J connectivity index is 0.000000765. The highest BCUT2D eigenvalue weighted by molar-refractivity contribution is 6.31. The van der Waals surface area contributed by atoms with E-state index in [1.807, 2.05) is 39.0 Å². The number of hydrogen-bond donors (Lipinski definition) is 2. The lowest BCUT2D eigenvalue weighted by molar-refractivity contribution is -0.120. The summed E-state index contributed by atoms with van der Waals surface area (Å²) in [5, 5.41) is 3.82. The summed E-state index contributed by atoms with van der Waals surface area (Å²) in [7, 11) is 0. The van der Waals surface area contributed by atoms with Crippen LogP contribution < -0.4 is 11.1 Å². The molecule has 1 aromatic rings. The maximum atomic E-state index is 12.0. The molecule has 2 rings (SSSR count). The molecule has 1 aromatic carbocycles. The Labute approximate surface area is 160 Å². The zero-order valence-corrected chi connectivity index (χ0v) is 16.8. The number of rotatable bonds is 4. The molecule has 3 N–H and O–H groups in total. The summed E-state index contributed by atoms with van der Waals surface area (Å²) in [6.45, 7) is 9.05. The zero-order valence-electron chi connectivity index (χ0n) is 16.0. The van der Waals surface area contributed by atoms with Crippen molar-refractivity contribution in [1.82, 2.24) is 5.32 Å². The summed E-state index contributed by atoms with van der Waals surface area (Å²) < 4.78 is 0. The third-order valence-corrected chi connectivity index (χ3v) is 4.11. The number of Topliss-reactive ketones (excluding diaryl/α,β-unsaturated/α-hetero) is 1. The van der Waals surface area contributed by atoms with Crippen molar-refractivity contribution in [2.24, 2.45) is 5.73 Å². The first-order chi connectivity index (χ1) is 12.1. The van der Waals surface area contributed by atoms with Gasteiger partial charge in [-0.2, -0.15) is 0 Å². The number of aryl methyl sites for hydroxylation is 1. The number of hydrogen-bond acceptors (Lipinski definition) is 3. The second kappa shape index (κ2) is 9.97. The lowest BCUT2D eigenvalue weighted by Crippen LogP contribution is -2.34. The van der Waals surface area contributed by atoms with Gasteiger partial charge in [0.2, 0.25) is 5.91 Å². The molecule has 1 atom stereocenters. The summed E-state index contributed by atoms with van der Waals surface area (Å²) >= 11 is 6.29. The Morgan fingerprint density at radius 3 is 2.35 bits per heavy atom. The van der Waals surface area contributed by atoms with Crippen molar-refractivity contribution in [3.8, 4) is 0 Å². The van der Waals surface area contributed by atoms with Gasteiger partial charge >= 0.3 is 0 Å². The number of primary amides is 1. The smallest absolute Gasteiger partial charge is 0.244 e. The van der Waals surface area contributed by atoms with Gasteiger partial charge in [-0.1, -0.05) is 35.9 Å². The lowest BCUT2D eigenvalue weighted by atomic mass is 9.99. The summed E-state index contributed by atoms with van der Waals surface area (Å²) in [6.07, 6.45) is 7.04. The maximum absolute atomic E-state index is 12.0. The van der Waals surface area contributed by atoms with Gasteiger partial charge in [-0.3, -0.25) is 4.79 Å². The highest BCUT2D eigenvalue weighted by Gasteiger charge is 2.23. The van der Waals surface area contributed by atoms with Crippen LogP contribution in [0, 0.1) is 6.92 Å². The molecule has 0 heterocycles. The molecular formula is C21H27ClN2O2. The topological polar surface area (TPSA) is 72.2 Å². The number of amides is 1. The number of nitrogens with one attached hydrogen (secondary N) is 1. The summed E-state index contributed by atoms with van der Waals surface area (Å²) in [5.41, 5.74) is 10.5. The van der Waals surface area contributed by atoms with Crippen molar-refractivity contribution >= 4 is 23.3 Å². The van der Waals surface area contributed by atoms with Crippen LogP contribution in [0.25, 0.3) is 0 Å². The van der Waals surface area contributed by atoms with Gasteiger partial charge in [-0.15, -0.1) is 0 Å². The first-order valence-electron chi connectivity index (χ1n) is 8.46. The third-order valence-electron chi connectivity index (χ3n) is 3.78. The second-order valence-corrected chi connectivity index (χ2v) is 6.95. The molecule has 0 fully saturated rings. The van der Waals surface area contributed by atoms with Gasteiger partial charge in [0.15, 0.2) is 0 Å². The van der Waals surface area contributed by atoms with Gasteiger partial charge in [0.25, 0.3) is 0 Å². The number of carbonyl (C=O) groups is 2. The Morgan fingerprint density at radius 1 is 1.19 bits per heavy atom. The molecule has 1 aliphatic carbocycles. The minimum absolute atomic E-state index is 0.167. The van der Waals surface area contributed by atoms with Crippen LogP contribution in [0.1, 0.15) is 51.3 Å². The SMILES string of the molecule is CC(C)=O.CC1=CC(NC(C(N)=O)c2c(C)cccc2Cl)=C(C)CC=C1. The highest BCUT2D eigenvalue weighted by Crippen LogP contribution is 2.28. The number of ketones is 1. The first-order valence-corrected chi connectivity index (χ1v) is 8.84. The molecule has 140 valence electrons. The minimum Gasteiger partial charge on any atom is -0.370 e. The largest absolute Gasteiger partial charge is 0.370 e. The monoisotopic (exact) mass is 374 g/mol. The maximum Gasteiger partial charge on any atom is 0.244 e. The van der Waals surface area contributed by atoms with Crippen LogP contribution >= 0.6 is 11.6 Å². The highest BCUT2D eigenvalue weighted by atomic mass is 35.5. The average molecular weight is 375 g/mol. The van der Waals surface area contributed by atoms with Gasteiger partial charge in [0.1, 0.15) is 11.8 Å². The zero-order chi connectivity index (χ0) is 19.9. The standard InChI is InChI=1S/C18H21ClN2O.C3H6O/c1-11-6-4-7-12(2)15(10-11)21-17(18(20)22)16-13(3)8-5-9-14(16)19;1-3(2)4/h4-6,8-10,17,21H,7H2,1-3H3,(H2,20,22);1-2H3. The van der Waals surface area contributed by atoms with E-state index < -0.39 is 11.9 Å². The molecule has 0 aromatic heterocycles. The Morgan fingerprint density at radius 2 is 1.81 bits per heavy atom. The van der Waals surface area contributed by atoms with Crippen LogP contribution in [0.15, 0.2) is 53.3 Å². The van der Waals surface area contributed by atoms with Crippen LogP contribution in [0.3, 0.4) is 0 Å². The van der Waals surface area contributed by atoms with Gasteiger partial charge in [-0.25, -0.2) is 0 Å². The normalized spacial score (nSPS) is 14.6. The van der Waals surface area contributed by atoms with Crippen molar-refractivity contribution < 1.29 is 9.59 Å². The molecular weight excluding hydrogens is 348 g/mol. The van der Waals surface area contributed by atoms with Crippen LogP contribution in [0.2, 0.25) is 5.02 Å². The Kier molecular flexibility index (Phi) is 8.33. The van der Waals surface area contributed by atoms with Crippen molar-refractivity contribution in [2.75, 3.05) is 0 Å². The van der Waals surface area contributed by atoms with Crippen molar-refractivity contribution in [1.29, 1.82) is 0 Å². The second-order valence-electron chi connectivity index (χ2n) is 6.55. The molecule has 0 saturated heterocycles. The lowest BCUT2D eigenvalue weighted by Gasteiger charge is -2.22. The summed E-state index contributed by atoms with van der Waals surface area (Å²) in [6, 6.07) is 4.92. The summed E-state index contributed by atoms with van der Waals surface area (Å²) in [4.78, 5) is 21.4. The van der Waals surface area contributed by atoms with Crippen molar-refractivity contribution in [2.45, 2.75) is 47.1 Å². The number of halogens is 1. The molecule has 0 radical (unpaired) electrons. The van der Waals surface area contributed by atoms with E-state index in [1.54, 1.807) is 6.07 Å². The van der Waals surface area contributed by atoms with E-state index in [-0.39, 0.29) is 5.78 Å². The van der Waals surface area contributed by atoms with Gasteiger partial charge in [-0.05, 0) is 69.9 Å². The fourth-order valence-corrected chi connectivity index (χ4v) is 2.88. The third kappa shape index (κ3) is 6.52. The number of benzene rings is 1. The quantitative estimate of drug-likeness (QED) is 0.812. The molecule has 0 saturated carbocycles. The fourth-order valence-electron chi connectivity index (χ4n) is 2.55. The fraction of sp³-hybridized carbons (Fsp3) is 0.333. The molecule has 1 amide bonds. The molecule has 1 unspecified atom stereocenters. The average Bonchev–Trinajstić information content (AvgIpc) is 2.66. The molecule has 26 heavy (non-hydrogen) atoms. The Bertz CT molecular complexity index is 752. The van der Waals surface area contributed by atoms with Gasteiger partial charge < -0.3 is 15.8 Å². The molecule has 0 aliphatic heterocycles. The molecule has 0 bridgehead atoms. The van der Waals surface area contributed by atoms with E-state index in [9.17, 15) is 9.59 Å². The van der Waals surface area contributed by atoms with E-state index in [0.717, 1.165) is 34.4 Å². The van der Waals surface area contributed by atoms with E-state index in [0.29, 0.717) is 5.02 Å². The predicted molar refractivity (Wildman–Crippen MR) is 108 cm³/mol. The van der Waals surface area contributed by atoms with Crippen LogP contribution in [-0.2, 0) is 9.59 Å². The van der Waals surface area contributed by atoms with E-state index in [4.69, 9.17) is 17.3 Å². The van der Waals surface area contributed by atoms with Crippen LogP contribution in [0.5, 0.6) is 0 Å².